The molecule has 7 nitrogen and oxygen atoms in total. The minimum absolute atomic E-state index is 0.0321. The Morgan fingerprint density at radius 1 is 1.32 bits per heavy atom. The molecule has 25 heavy (non-hydrogen) atoms. The van der Waals surface area contributed by atoms with Crippen LogP contribution in [-0.4, -0.2) is 47.6 Å². The van der Waals surface area contributed by atoms with Crippen molar-refractivity contribution in [3.05, 3.63) is 40.3 Å². The summed E-state index contributed by atoms with van der Waals surface area (Å²) in [4.78, 5) is 28.6. The van der Waals surface area contributed by atoms with Crippen molar-refractivity contribution in [1.82, 2.24) is 9.88 Å². The lowest BCUT2D eigenvalue weighted by molar-refractivity contribution is -0.137. The average molecular weight is 364 g/mol. The zero-order valence-electron chi connectivity index (χ0n) is 14.1. The Morgan fingerprint density at radius 2 is 2.12 bits per heavy atom. The fourth-order valence-corrected chi connectivity index (χ4v) is 2.71. The van der Waals surface area contributed by atoms with E-state index in [4.69, 9.17) is 14.6 Å². The van der Waals surface area contributed by atoms with Gasteiger partial charge in [-0.2, -0.15) is 0 Å². The molecule has 0 aliphatic rings. The number of ether oxygens (including phenoxy) is 2. The quantitative estimate of drug-likeness (QED) is 0.736. The first kappa shape index (κ1) is 18.7. The molecular formula is C17H20N2O5S. The van der Waals surface area contributed by atoms with Gasteiger partial charge >= 0.3 is 5.97 Å². The van der Waals surface area contributed by atoms with Crippen LogP contribution < -0.4 is 9.47 Å². The standard InChI is InChI=1S/C17H20N2O5S/c1-19(7-3-4-16(20)21)17(22)12-5-6-14(15(8-12)23-2)24-9-13-10-25-11-18-13/h5-6,8,10-11H,3-4,7,9H2,1-2H3,(H,20,21). The molecule has 0 aliphatic carbocycles. The first-order chi connectivity index (χ1) is 12.0. The molecule has 0 aliphatic heterocycles. The van der Waals surface area contributed by atoms with Crippen molar-refractivity contribution in [3.63, 3.8) is 0 Å². The van der Waals surface area contributed by atoms with Crippen molar-refractivity contribution in [2.45, 2.75) is 19.4 Å². The Morgan fingerprint density at radius 3 is 2.76 bits per heavy atom. The van der Waals surface area contributed by atoms with Crippen molar-refractivity contribution in [2.75, 3.05) is 20.7 Å². The van der Waals surface area contributed by atoms with Crippen molar-refractivity contribution in [1.29, 1.82) is 0 Å². The lowest BCUT2D eigenvalue weighted by Crippen LogP contribution is -2.28. The minimum Gasteiger partial charge on any atom is -0.493 e. The number of carbonyl (C=O) groups is 2. The van der Waals surface area contributed by atoms with E-state index in [9.17, 15) is 9.59 Å². The third-order valence-electron chi connectivity index (χ3n) is 3.50. The number of benzene rings is 1. The Bertz CT molecular complexity index is 718. The van der Waals surface area contributed by atoms with E-state index in [0.717, 1.165) is 5.69 Å². The van der Waals surface area contributed by atoms with Gasteiger partial charge in [0.25, 0.3) is 5.91 Å². The fourth-order valence-electron chi connectivity index (χ4n) is 2.17. The maximum atomic E-state index is 12.4. The molecule has 0 radical (unpaired) electrons. The molecule has 1 amide bonds. The smallest absolute Gasteiger partial charge is 0.303 e. The second-order valence-electron chi connectivity index (χ2n) is 5.36. The number of hydrogen-bond acceptors (Lipinski definition) is 6. The minimum atomic E-state index is -0.871. The molecule has 2 rings (SSSR count). The predicted molar refractivity (Wildman–Crippen MR) is 93.3 cm³/mol. The van der Waals surface area contributed by atoms with Gasteiger partial charge in [-0.1, -0.05) is 0 Å². The van der Waals surface area contributed by atoms with Crippen LogP contribution in [0.5, 0.6) is 11.5 Å². The average Bonchev–Trinajstić information content (AvgIpc) is 3.12. The fraction of sp³-hybridized carbons (Fsp3) is 0.353. The second kappa shape index (κ2) is 9.03. The molecule has 0 saturated carbocycles. The van der Waals surface area contributed by atoms with Gasteiger partial charge in [0.1, 0.15) is 6.61 Å². The highest BCUT2D eigenvalue weighted by atomic mass is 32.1. The normalized spacial score (nSPS) is 10.3. The first-order valence-corrected chi connectivity index (χ1v) is 8.60. The molecule has 0 unspecified atom stereocenters. The van der Waals surface area contributed by atoms with Crippen LogP contribution in [0.4, 0.5) is 0 Å². The molecular weight excluding hydrogens is 344 g/mol. The van der Waals surface area contributed by atoms with Crippen LogP contribution in [0.25, 0.3) is 0 Å². The maximum Gasteiger partial charge on any atom is 0.303 e. The monoisotopic (exact) mass is 364 g/mol. The van der Waals surface area contributed by atoms with Crippen molar-refractivity contribution < 1.29 is 24.2 Å². The lowest BCUT2D eigenvalue weighted by Gasteiger charge is -2.18. The van der Waals surface area contributed by atoms with Gasteiger partial charge < -0.3 is 19.5 Å². The SMILES string of the molecule is COc1cc(C(=O)N(C)CCCC(=O)O)ccc1OCc1cscn1. The maximum absolute atomic E-state index is 12.4. The van der Waals surface area contributed by atoms with Gasteiger partial charge in [-0.05, 0) is 24.6 Å². The van der Waals surface area contributed by atoms with E-state index >= 15 is 0 Å². The summed E-state index contributed by atoms with van der Waals surface area (Å²) in [5, 5.41) is 10.6. The predicted octanol–water partition coefficient (Wildman–Crippen LogP) is 2.67. The van der Waals surface area contributed by atoms with Gasteiger partial charge in [-0.25, -0.2) is 4.98 Å². The van der Waals surface area contributed by atoms with Crippen LogP contribution in [0.1, 0.15) is 28.9 Å². The van der Waals surface area contributed by atoms with Crippen LogP contribution in [-0.2, 0) is 11.4 Å². The van der Waals surface area contributed by atoms with Crippen LogP contribution >= 0.6 is 11.3 Å². The van der Waals surface area contributed by atoms with Crippen LogP contribution in [0.15, 0.2) is 29.1 Å². The summed E-state index contributed by atoms with van der Waals surface area (Å²) in [7, 11) is 3.15. The second-order valence-corrected chi connectivity index (χ2v) is 6.08. The highest BCUT2D eigenvalue weighted by molar-refractivity contribution is 7.07. The molecule has 0 bridgehead atoms. The van der Waals surface area contributed by atoms with E-state index < -0.39 is 5.97 Å². The summed E-state index contributed by atoms with van der Waals surface area (Å²) in [5.41, 5.74) is 3.01. The van der Waals surface area contributed by atoms with Crippen LogP contribution in [0, 0.1) is 0 Å². The van der Waals surface area contributed by atoms with E-state index in [1.807, 2.05) is 5.38 Å². The van der Waals surface area contributed by atoms with Gasteiger partial charge in [0.05, 0.1) is 18.3 Å². The summed E-state index contributed by atoms with van der Waals surface area (Å²) < 4.78 is 11.0. The van der Waals surface area contributed by atoms with Gasteiger partial charge in [-0.15, -0.1) is 11.3 Å². The zero-order chi connectivity index (χ0) is 18.2. The number of hydrogen-bond donors (Lipinski definition) is 1. The summed E-state index contributed by atoms with van der Waals surface area (Å²) in [5.74, 6) is -0.0838. The van der Waals surface area contributed by atoms with E-state index in [2.05, 4.69) is 4.98 Å². The Labute approximate surface area is 149 Å². The van der Waals surface area contributed by atoms with E-state index in [1.165, 1.54) is 23.3 Å². The third-order valence-corrected chi connectivity index (χ3v) is 4.14. The molecule has 134 valence electrons. The molecule has 0 spiro atoms. The number of carbonyl (C=O) groups excluding carboxylic acids is 1. The third kappa shape index (κ3) is 5.46. The largest absolute Gasteiger partial charge is 0.493 e. The molecule has 0 saturated heterocycles. The number of amides is 1. The van der Waals surface area contributed by atoms with Crippen molar-refractivity contribution in [2.24, 2.45) is 0 Å². The number of carboxylic acid groups (broad SMARTS) is 1. The van der Waals surface area contributed by atoms with Crippen LogP contribution in [0.2, 0.25) is 0 Å². The molecule has 1 aromatic carbocycles. The van der Waals surface area contributed by atoms with Gasteiger partial charge in [0.15, 0.2) is 11.5 Å². The Hall–Kier alpha value is -2.61. The van der Waals surface area contributed by atoms with Gasteiger partial charge in [0.2, 0.25) is 0 Å². The number of aromatic nitrogens is 1. The molecule has 1 N–H and O–H groups in total. The van der Waals surface area contributed by atoms with Crippen LogP contribution in [0.3, 0.4) is 0 Å². The number of rotatable bonds is 9. The topological polar surface area (TPSA) is 89.0 Å². The zero-order valence-corrected chi connectivity index (χ0v) is 14.9. The Kier molecular flexibility index (Phi) is 6.76. The van der Waals surface area contributed by atoms with E-state index in [0.29, 0.717) is 36.6 Å². The molecule has 1 heterocycles. The number of carboxylic acids is 1. The summed E-state index contributed by atoms with van der Waals surface area (Å²) in [6.07, 6.45) is 0.438. The highest BCUT2D eigenvalue weighted by Gasteiger charge is 2.15. The number of nitrogens with zero attached hydrogens (tertiary/aromatic N) is 2. The van der Waals surface area contributed by atoms with E-state index in [1.54, 1.807) is 30.8 Å². The molecule has 2 aromatic rings. The molecule has 0 fully saturated rings. The molecule has 8 heteroatoms. The van der Waals surface area contributed by atoms with Gasteiger partial charge in [-0.3, -0.25) is 9.59 Å². The first-order valence-electron chi connectivity index (χ1n) is 7.66. The van der Waals surface area contributed by atoms with Crippen molar-refractivity contribution >= 4 is 23.2 Å². The summed E-state index contributed by atoms with van der Waals surface area (Å²) in [6.45, 7) is 0.692. The van der Waals surface area contributed by atoms with E-state index in [-0.39, 0.29) is 12.3 Å². The number of methoxy groups -OCH3 is 1. The molecule has 1 aromatic heterocycles. The summed E-state index contributed by atoms with van der Waals surface area (Å²) >= 11 is 1.49. The number of thiazole rings is 1. The Balaban J connectivity index is 2.01. The van der Waals surface area contributed by atoms with Gasteiger partial charge in [0, 0.05) is 31.0 Å². The lowest BCUT2D eigenvalue weighted by atomic mass is 10.1. The summed E-state index contributed by atoms with van der Waals surface area (Å²) in [6, 6.07) is 4.96. The molecule has 0 atom stereocenters. The number of aliphatic carboxylic acids is 1. The van der Waals surface area contributed by atoms with Crippen molar-refractivity contribution in [3.8, 4) is 11.5 Å². The highest BCUT2D eigenvalue weighted by Crippen LogP contribution is 2.29.